The maximum Gasteiger partial charge on any atom is 0.337 e. The summed E-state index contributed by atoms with van der Waals surface area (Å²) in [6, 6.07) is 4.24. The van der Waals surface area contributed by atoms with Gasteiger partial charge in [-0.1, -0.05) is 23.8 Å². The number of allylic oxidation sites excluding steroid dienone is 2. The molecule has 6 heteroatoms. The van der Waals surface area contributed by atoms with Gasteiger partial charge in [0, 0.05) is 0 Å². The summed E-state index contributed by atoms with van der Waals surface area (Å²) in [6.45, 7) is 0. The van der Waals surface area contributed by atoms with E-state index >= 15 is 0 Å². The Morgan fingerprint density at radius 1 is 1.09 bits per heavy atom. The Morgan fingerprint density at radius 2 is 1.65 bits per heavy atom. The number of carbonyl (C=O) groups is 3. The molecular weight excluding hydrogens is 318 g/mol. The van der Waals surface area contributed by atoms with Gasteiger partial charge in [0.25, 0.3) is 0 Å². The zero-order chi connectivity index (χ0) is 16.3. The minimum Gasteiger partial charge on any atom is -0.478 e. The summed E-state index contributed by atoms with van der Waals surface area (Å²) >= 11 is 5.87. The Balaban J connectivity index is 1.76. The number of aromatic carboxylic acids is 1. The lowest BCUT2D eigenvalue weighted by Crippen LogP contribution is -2.38. The number of hydrogen-bond acceptors (Lipinski definition) is 3. The lowest BCUT2D eigenvalue weighted by Gasteiger charge is -2.38. The average Bonchev–Trinajstić information content (AvgIpc) is 2.83. The van der Waals surface area contributed by atoms with Crippen LogP contribution in [0.15, 0.2) is 30.4 Å². The molecule has 0 aromatic heterocycles. The van der Waals surface area contributed by atoms with Crippen LogP contribution in [0.4, 0.5) is 5.69 Å². The van der Waals surface area contributed by atoms with E-state index in [1.54, 1.807) is 0 Å². The van der Waals surface area contributed by atoms with Crippen molar-refractivity contribution >= 4 is 35.1 Å². The van der Waals surface area contributed by atoms with E-state index < -0.39 is 5.97 Å². The van der Waals surface area contributed by atoms with Gasteiger partial charge in [-0.2, -0.15) is 0 Å². The maximum atomic E-state index is 12.8. The number of fused-ring (bicyclic) bond motifs is 1. The van der Waals surface area contributed by atoms with Gasteiger partial charge in [0.05, 0.1) is 28.1 Å². The predicted octanol–water partition coefficient (Wildman–Crippen LogP) is 2.74. The topological polar surface area (TPSA) is 74.7 Å². The van der Waals surface area contributed by atoms with Crippen LogP contribution in [0.25, 0.3) is 0 Å². The molecule has 2 bridgehead atoms. The Morgan fingerprint density at radius 3 is 2.13 bits per heavy atom. The van der Waals surface area contributed by atoms with Crippen LogP contribution in [0.2, 0.25) is 5.02 Å². The number of anilines is 1. The molecule has 1 saturated heterocycles. The SMILES string of the molecule is O=C(O)c1cc(N2C(=O)[C@@H]3[C@@H](C2=O)[C@@H]2C=C[C@@H]3CC2)ccc1Cl. The summed E-state index contributed by atoms with van der Waals surface area (Å²) in [6.07, 6.45) is 5.95. The molecule has 1 heterocycles. The fourth-order valence-corrected chi connectivity index (χ4v) is 4.34. The van der Waals surface area contributed by atoms with Crippen molar-refractivity contribution < 1.29 is 19.5 Å². The van der Waals surface area contributed by atoms with Crippen LogP contribution in [0.5, 0.6) is 0 Å². The first-order valence-corrected chi connectivity index (χ1v) is 7.96. The van der Waals surface area contributed by atoms with Crippen molar-refractivity contribution in [2.75, 3.05) is 4.90 Å². The third-order valence-electron chi connectivity index (χ3n) is 5.20. The molecule has 0 unspecified atom stereocenters. The number of carboxylic acids is 1. The third-order valence-corrected chi connectivity index (χ3v) is 5.53. The van der Waals surface area contributed by atoms with Crippen molar-refractivity contribution in [2.45, 2.75) is 12.8 Å². The summed E-state index contributed by atoms with van der Waals surface area (Å²) in [5, 5.41) is 9.27. The summed E-state index contributed by atoms with van der Waals surface area (Å²) in [4.78, 5) is 38.0. The molecule has 1 aromatic carbocycles. The number of nitrogens with zero attached hydrogens (tertiary/aromatic N) is 1. The average molecular weight is 332 g/mol. The van der Waals surface area contributed by atoms with E-state index in [9.17, 15) is 19.5 Å². The van der Waals surface area contributed by atoms with Gasteiger partial charge in [0.1, 0.15) is 0 Å². The highest BCUT2D eigenvalue weighted by atomic mass is 35.5. The molecule has 4 atom stereocenters. The fraction of sp³-hybridized carbons (Fsp3) is 0.353. The van der Waals surface area contributed by atoms with Crippen LogP contribution in [-0.2, 0) is 9.59 Å². The zero-order valence-corrected chi connectivity index (χ0v) is 12.9. The van der Waals surface area contributed by atoms with Crippen LogP contribution >= 0.6 is 11.6 Å². The Kier molecular flexibility index (Phi) is 3.10. The van der Waals surface area contributed by atoms with Gasteiger partial charge in [0.2, 0.25) is 11.8 Å². The third kappa shape index (κ3) is 1.96. The second-order valence-electron chi connectivity index (χ2n) is 6.32. The van der Waals surface area contributed by atoms with Crippen molar-refractivity contribution in [1.29, 1.82) is 0 Å². The molecule has 2 amide bonds. The maximum absolute atomic E-state index is 12.8. The smallest absolute Gasteiger partial charge is 0.337 e. The van der Waals surface area contributed by atoms with Crippen LogP contribution in [0.1, 0.15) is 23.2 Å². The highest BCUT2D eigenvalue weighted by Crippen LogP contribution is 2.50. The number of imide groups is 1. The number of carbonyl (C=O) groups excluding carboxylic acids is 2. The van der Waals surface area contributed by atoms with E-state index in [0.29, 0.717) is 0 Å². The van der Waals surface area contributed by atoms with Crippen molar-refractivity contribution in [3.8, 4) is 0 Å². The van der Waals surface area contributed by atoms with Gasteiger partial charge < -0.3 is 5.11 Å². The minimum atomic E-state index is -1.19. The number of rotatable bonds is 2. The molecule has 3 aliphatic carbocycles. The monoisotopic (exact) mass is 331 g/mol. The molecule has 1 aliphatic heterocycles. The fourth-order valence-electron chi connectivity index (χ4n) is 4.14. The van der Waals surface area contributed by atoms with Crippen molar-refractivity contribution in [1.82, 2.24) is 0 Å². The summed E-state index contributed by atoms with van der Waals surface area (Å²) in [7, 11) is 0. The van der Waals surface area contributed by atoms with Crippen LogP contribution < -0.4 is 4.90 Å². The Hall–Kier alpha value is -2.14. The molecule has 1 aromatic rings. The molecule has 23 heavy (non-hydrogen) atoms. The summed E-state index contributed by atoms with van der Waals surface area (Å²) in [5.41, 5.74) is 0.177. The second kappa shape index (κ2) is 4.93. The minimum absolute atomic E-state index is 0.0829. The van der Waals surface area contributed by atoms with Gasteiger partial charge in [-0.3, -0.25) is 9.59 Å². The van der Waals surface area contributed by atoms with Gasteiger partial charge in [-0.25, -0.2) is 9.69 Å². The number of hydrogen-bond donors (Lipinski definition) is 1. The highest BCUT2D eigenvalue weighted by Gasteiger charge is 2.56. The molecule has 1 saturated carbocycles. The molecule has 4 aliphatic rings. The molecule has 5 nitrogen and oxygen atoms in total. The lowest BCUT2D eigenvalue weighted by molar-refractivity contribution is -0.124. The van der Waals surface area contributed by atoms with E-state index in [-0.39, 0.29) is 51.8 Å². The highest BCUT2D eigenvalue weighted by molar-refractivity contribution is 6.34. The van der Waals surface area contributed by atoms with E-state index in [1.807, 2.05) is 0 Å². The zero-order valence-electron chi connectivity index (χ0n) is 12.1. The van der Waals surface area contributed by atoms with Gasteiger partial charge in [0.15, 0.2) is 0 Å². The van der Waals surface area contributed by atoms with Gasteiger partial charge in [-0.05, 0) is 42.9 Å². The molecule has 0 spiro atoms. The van der Waals surface area contributed by atoms with Crippen molar-refractivity contribution in [3.05, 3.63) is 40.9 Å². The molecular formula is C17H14ClNO4. The Labute approximate surface area is 137 Å². The van der Waals surface area contributed by atoms with E-state index in [0.717, 1.165) is 17.7 Å². The quantitative estimate of drug-likeness (QED) is 0.668. The number of halogens is 1. The Bertz CT molecular complexity index is 740. The first-order chi connectivity index (χ1) is 11.0. The first kappa shape index (κ1) is 14.5. The lowest BCUT2D eigenvalue weighted by atomic mass is 9.63. The number of carboxylic acid groups (broad SMARTS) is 1. The largest absolute Gasteiger partial charge is 0.478 e. The van der Waals surface area contributed by atoms with E-state index in [1.165, 1.54) is 18.2 Å². The van der Waals surface area contributed by atoms with Crippen molar-refractivity contribution in [3.63, 3.8) is 0 Å². The number of benzene rings is 1. The summed E-state index contributed by atoms with van der Waals surface area (Å²) < 4.78 is 0. The van der Waals surface area contributed by atoms with Crippen LogP contribution in [-0.4, -0.2) is 22.9 Å². The molecule has 118 valence electrons. The number of amides is 2. The van der Waals surface area contributed by atoms with Crippen LogP contribution in [0, 0.1) is 23.7 Å². The molecule has 5 rings (SSSR count). The normalized spacial score (nSPS) is 31.6. The van der Waals surface area contributed by atoms with Crippen molar-refractivity contribution in [2.24, 2.45) is 23.7 Å². The van der Waals surface area contributed by atoms with Gasteiger partial charge in [-0.15, -0.1) is 0 Å². The van der Waals surface area contributed by atoms with Gasteiger partial charge >= 0.3 is 5.97 Å². The molecule has 0 radical (unpaired) electrons. The summed E-state index contributed by atoms with van der Waals surface area (Å²) in [5.74, 6) is -2.04. The molecule has 1 N–H and O–H groups in total. The van der Waals surface area contributed by atoms with E-state index in [2.05, 4.69) is 12.2 Å². The predicted molar refractivity (Wildman–Crippen MR) is 83.2 cm³/mol. The molecule has 2 fully saturated rings. The van der Waals surface area contributed by atoms with E-state index in [4.69, 9.17) is 11.6 Å². The second-order valence-corrected chi connectivity index (χ2v) is 6.73. The van der Waals surface area contributed by atoms with Crippen LogP contribution in [0.3, 0.4) is 0 Å². The first-order valence-electron chi connectivity index (χ1n) is 7.58. The standard InChI is InChI=1S/C17H14ClNO4/c18-12-6-5-10(7-11(12)17(22)23)19-15(20)13-8-1-2-9(4-3-8)14(13)16(19)21/h1-2,5-9,13-14H,3-4H2,(H,22,23)/t8-,9-,13+,14+/m1/s1.